The van der Waals surface area contributed by atoms with Crippen molar-refractivity contribution in [3.8, 4) is 0 Å². The van der Waals surface area contributed by atoms with E-state index in [0.29, 0.717) is 12.5 Å². The van der Waals surface area contributed by atoms with E-state index in [1.54, 1.807) is 6.20 Å². The normalized spacial score (nSPS) is 30.1. The Morgan fingerprint density at radius 2 is 2.25 bits per heavy atom. The maximum Gasteiger partial charge on any atom is 0.225 e. The molecule has 0 aromatic carbocycles. The van der Waals surface area contributed by atoms with Crippen LogP contribution in [-0.4, -0.2) is 32.7 Å². The average Bonchev–Trinajstić information content (AvgIpc) is 2.91. The number of likely N-dealkylation sites (tertiary alicyclic amines) is 1. The molecule has 1 saturated carbocycles. The zero-order valence-corrected chi connectivity index (χ0v) is 9.34. The second kappa shape index (κ2) is 3.31. The fourth-order valence-electron chi connectivity index (χ4n) is 2.60. The van der Waals surface area contributed by atoms with E-state index in [4.69, 9.17) is 5.73 Å². The summed E-state index contributed by atoms with van der Waals surface area (Å²) in [5, 5.41) is 4.16. The van der Waals surface area contributed by atoms with Gasteiger partial charge in [0, 0.05) is 31.7 Å². The van der Waals surface area contributed by atoms with Gasteiger partial charge in [0.15, 0.2) is 0 Å². The van der Waals surface area contributed by atoms with Crippen LogP contribution in [0.2, 0.25) is 0 Å². The van der Waals surface area contributed by atoms with Crippen molar-refractivity contribution in [3.63, 3.8) is 0 Å². The number of carbonyl (C=O) groups excluding carboxylic acids is 1. The maximum atomic E-state index is 11.9. The van der Waals surface area contributed by atoms with E-state index in [9.17, 15) is 4.79 Å². The monoisotopic (exact) mass is 220 g/mol. The predicted octanol–water partition coefficient (Wildman–Crippen LogP) is 0.183. The van der Waals surface area contributed by atoms with E-state index in [1.165, 1.54) is 0 Å². The molecule has 1 aromatic heterocycles. The summed E-state index contributed by atoms with van der Waals surface area (Å²) in [6, 6.07) is 2.30. The van der Waals surface area contributed by atoms with E-state index in [2.05, 4.69) is 5.10 Å². The molecule has 86 valence electrons. The molecule has 2 heterocycles. The van der Waals surface area contributed by atoms with Gasteiger partial charge in [-0.05, 0) is 18.9 Å². The quantitative estimate of drug-likeness (QED) is 0.773. The Balaban J connectivity index is 1.97. The van der Waals surface area contributed by atoms with Crippen LogP contribution in [0.5, 0.6) is 0 Å². The van der Waals surface area contributed by atoms with Gasteiger partial charge < -0.3 is 10.6 Å². The number of hydrogen-bond donors (Lipinski definition) is 1. The highest BCUT2D eigenvalue weighted by Gasteiger charge is 2.46. The minimum absolute atomic E-state index is 0.0208. The van der Waals surface area contributed by atoms with Gasteiger partial charge in [-0.25, -0.2) is 0 Å². The number of aryl methyl sites for hydroxylation is 1. The predicted molar refractivity (Wildman–Crippen MR) is 58.4 cm³/mol. The molecule has 1 amide bonds. The molecule has 0 radical (unpaired) electrons. The summed E-state index contributed by atoms with van der Waals surface area (Å²) in [5.41, 5.74) is 7.13. The van der Waals surface area contributed by atoms with Crippen molar-refractivity contribution >= 4 is 5.91 Å². The lowest BCUT2D eigenvalue weighted by molar-refractivity contribution is -0.129. The Hall–Kier alpha value is -1.36. The van der Waals surface area contributed by atoms with Crippen molar-refractivity contribution in [3.05, 3.63) is 18.0 Å². The van der Waals surface area contributed by atoms with Crippen LogP contribution in [0, 0.1) is 0 Å². The molecule has 2 fully saturated rings. The van der Waals surface area contributed by atoms with Crippen LogP contribution < -0.4 is 5.73 Å². The summed E-state index contributed by atoms with van der Waals surface area (Å²) >= 11 is 0. The van der Waals surface area contributed by atoms with Gasteiger partial charge in [0.05, 0.1) is 11.7 Å². The Labute approximate surface area is 94.2 Å². The third-order valence-electron chi connectivity index (χ3n) is 3.51. The van der Waals surface area contributed by atoms with Crippen LogP contribution in [-0.2, 0) is 11.8 Å². The first-order valence-electron chi connectivity index (χ1n) is 5.73. The lowest BCUT2D eigenvalue weighted by Crippen LogP contribution is -2.35. The van der Waals surface area contributed by atoms with Gasteiger partial charge in [0.2, 0.25) is 5.91 Å². The van der Waals surface area contributed by atoms with Crippen LogP contribution in [0.3, 0.4) is 0 Å². The van der Waals surface area contributed by atoms with Gasteiger partial charge in [-0.1, -0.05) is 0 Å². The third-order valence-corrected chi connectivity index (χ3v) is 3.51. The van der Waals surface area contributed by atoms with Crippen molar-refractivity contribution in [2.75, 3.05) is 0 Å². The molecule has 1 saturated heterocycles. The number of nitrogens with zero attached hydrogens (tertiary/aromatic N) is 3. The fourth-order valence-corrected chi connectivity index (χ4v) is 2.60. The number of amides is 1. The van der Waals surface area contributed by atoms with Crippen LogP contribution in [0.15, 0.2) is 12.3 Å². The standard InChI is InChI=1S/C11H16N4O/c1-14-9(4-5-13-14)11-8(12)6-10(16)15(11)7-2-3-7/h4-5,7-8,11H,2-3,6,12H2,1H3/t8-,11-/m1/s1. The number of rotatable bonds is 2. The highest BCUT2D eigenvalue weighted by atomic mass is 16.2. The smallest absolute Gasteiger partial charge is 0.225 e. The molecule has 2 aliphatic rings. The van der Waals surface area contributed by atoms with E-state index >= 15 is 0 Å². The number of carbonyl (C=O) groups is 1. The molecule has 0 spiro atoms. The summed E-state index contributed by atoms with van der Waals surface area (Å²) < 4.78 is 1.82. The number of aromatic nitrogens is 2. The van der Waals surface area contributed by atoms with Gasteiger partial charge >= 0.3 is 0 Å². The Bertz CT molecular complexity index is 423. The van der Waals surface area contributed by atoms with Crippen molar-refractivity contribution in [1.29, 1.82) is 0 Å². The minimum atomic E-state index is -0.0940. The van der Waals surface area contributed by atoms with E-state index < -0.39 is 0 Å². The van der Waals surface area contributed by atoms with Gasteiger partial charge in [-0.2, -0.15) is 5.10 Å². The van der Waals surface area contributed by atoms with Crippen molar-refractivity contribution < 1.29 is 4.79 Å². The first-order valence-corrected chi connectivity index (χ1v) is 5.73. The van der Waals surface area contributed by atoms with Crippen molar-refractivity contribution in [2.24, 2.45) is 12.8 Å². The molecule has 1 aromatic rings. The number of hydrogen-bond acceptors (Lipinski definition) is 3. The second-order valence-corrected chi connectivity index (χ2v) is 4.72. The minimum Gasteiger partial charge on any atom is -0.329 e. The molecule has 3 rings (SSSR count). The van der Waals surface area contributed by atoms with E-state index in [1.807, 2.05) is 22.7 Å². The average molecular weight is 220 g/mol. The second-order valence-electron chi connectivity index (χ2n) is 4.72. The molecular formula is C11H16N4O. The molecule has 16 heavy (non-hydrogen) atoms. The first-order chi connectivity index (χ1) is 7.68. The van der Waals surface area contributed by atoms with Crippen molar-refractivity contribution in [2.45, 2.75) is 37.4 Å². The molecule has 0 unspecified atom stereocenters. The van der Waals surface area contributed by atoms with Crippen LogP contribution in [0.1, 0.15) is 31.0 Å². The van der Waals surface area contributed by atoms with Crippen molar-refractivity contribution in [1.82, 2.24) is 14.7 Å². The highest BCUT2D eigenvalue weighted by molar-refractivity contribution is 5.81. The molecule has 1 aliphatic carbocycles. The largest absolute Gasteiger partial charge is 0.329 e. The number of nitrogens with two attached hydrogens (primary N) is 1. The molecule has 2 N–H and O–H groups in total. The molecule has 2 atom stereocenters. The molecule has 5 nitrogen and oxygen atoms in total. The Morgan fingerprint density at radius 3 is 2.81 bits per heavy atom. The SMILES string of the molecule is Cn1nccc1[C@H]1[C@H](N)CC(=O)N1C1CC1. The zero-order valence-electron chi connectivity index (χ0n) is 9.34. The highest BCUT2D eigenvalue weighted by Crippen LogP contribution is 2.40. The third kappa shape index (κ3) is 1.35. The topological polar surface area (TPSA) is 64.2 Å². The maximum absolute atomic E-state index is 11.9. The molecule has 1 aliphatic heterocycles. The van der Waals surface area contributed by atoms with Gasteiger partial charge in [0.25, 0.3) is 0 Å². The van der Waals surface area contributed by atoms with E-state index in [0.717, 1.165) is 18.5 Å². The fraction of sp³-hybridized carbons (Fsp3) is 0.636. The lowest BCUT2D eigenvalue weighted by atomic mass is 10.1. The van der Waals surface area contributed by atoms with Gasteiger partial charge in [0.1, 0.15) is 0 Å². The molecule has 0 bridgehead atoms. The first kappa shape index (κ1) is 9.84. The summed E-state index contributed by atoms with van der Waals surface area (Å²) in [6.07, 6.45) is 4.46. The van der Waals surface area contributed by atoms with Gasteiger partial charge in [-0.3, -0.25) is 9.48 Å². The Morgan fingerprint density at radius 1 is 1.50 bits per heavy atom. The summed E-state index contributed by atoms with van der Waals surface area (Å²) in [7, 11) is 1.90. The molecule has 5 heteroatoms. The lowest BCUT2D eigenvalue weighted by Gasteiger charge is -2.26. The summed E-state index contributed by atoms with van der Waals surface area (Å²) in [6.45, 7) is 0. The zero-order chi connectivity index (χ0) is 11.3. The van der Waals surface area contributed by atoms with E-state index in [-0.39, 0.29) is 18.0 Å². The van der Waals surface area contributed by atoms with Gasteiger partial charge in [-0.15, -0.1) is 0 Å². The summed E-state index contributed by atoms with van der Waals surface area (Å²) in [5.74, 6) is 0.196. The molecular weight excluding hydrogens is 204 g/mol. The summed E-state index contributed by atoms with van der Waals surface area (Å²) in [4.78, 5) is 13.9. The van der Waals surface area contributed by atoms with Crippen LogP contribution >= 0.6 is 0 Å². The van der Waals surface area contributed by atoms with Crippen LogP contribution in [0.4, 0.5) is 0 Å². The van der Waals surface area contributed by atoms with Crippen LogP contribution in [0.25, 0.3) is 0 Å². The Kier molecular flexibility index (Phi) is 2.04.